The average molecular weight is 394 g/mol. The predicted molar refractivity (Wildman–Crippen MR) is 104 cm³/mol. The quantitative estimate of drug-likeness (QED) is 0.392. The number of carbonyl (C=O) groups excluding carboxylic acids is 2. The third-order valence-electron chi connectivity index (χ3n) is 4.36. The topological polar surface area (TPSA) is 103 Å². The molecular formula is C19H24ClN3O4. The first-order valence-corrected chi connectivity index (χ1v) is 8.90. The second kappa shape index (κ2) is 8.54. The summed E-state index contributed by atoms with van der Waals surface area (Å²) in [6, 6.07) is 5.93. The molecule has 1 aliphatic rings. The number of methoxy groups -OCH3 is 1. The van der Waals surface area contributed by atoms with Crippen LogP contribution >= 0.6 is 11.6 Å². The first-order valence-electron chi connectivity index (χ1n) is 8.53. The molecule has 2 amide bonds. The average Bonchev–Trinajstić information content (AvgIpc) is 2.97. The summed E-state index contributed by atoms with van der Waals surface area (Å²) < 4.78 is 5.04. The van der Waals surface area contributed by atoms with Crippen LogP contribution in [0.25, 0.3) is 0 Å². The van der Waals surface area contributed by atoms with Gasteiger partial charge in [-0.3, -0.25) is 19.9 Å². The van der Waals surface area contributed by atoms with Crippen LogP contribution in [0.3, 0.4) is 0 Å². The number of ether oxygens (including phenoxy) is 1. The van der Waals surface area contributed by atoms with Gasteiger partial charge >= 0.3 is 0 Å². The lowest BCUT2D eigenvalue weighted by molar-refractivity contribution is -0.122. The van der Waals surface area contributed by atoms with Crippen LogP contribution < -0.4 is 10.2 Å². The minimum Gasteiger partial charge on any atom is -0.512 e. The number of anilines is 1. The number of benzene rings is 1. The molecule has 1 atom stereocenters. The number of aliphatic hydroxyl groups excluding tert-OH is 1. The Hall–Kier alpha value is -2.38. The third-order valence-corrected chi connectivity index (χ3v) is 4.61. The third kappa shape index (κ3) is 5.08. The van der Waals surface area contributed by atoms with Crippen LogP contribution in [0.15, 0.2) is 36.1 Å². The molecule has 0 aromatic heterocycles. The van der Waals surface area contributed by atoms with Gasteiger partial charge in [0.25, 0.3) is 0 Å². The largest absolute Gasteiger partial charge is 0.512 e. The fourth-order valence-corrected chi connectivity index (χ4v) is 3.00. The van der Waals surface area contributed by atoms with E-state index in [4.69, 9.17) is 21.7 Å². The standard InChI is InChI=1S/C19H24ClN3O4/c1-19(2,11-27-3)15(24)10-16(21)22-18(26)14-8-9-17(25)23(14)13-6-4-12(20)5-7-13/h4-7,10,14,24H,8-9,11H2,1-3H3,(H2,21,22,26)/b15-10-/t14-/m0/s1. The van der Waals surface area contributed by atoms with E-state index in [1.165, 1.54) is 18.1 Å². The molecule has 1 saturated heterocycles. The molecule has 2 rings (SSSR count). The van der Waals surface area contributed by atoms with Crippen molar-refractivity contribution < 1.29 is 19.4 Å². The van der Waals surface area contributed by atoms with Crippen molar-refractivity contribution in [1.29, 1.82) is 5.41 Å². The van der Waals surface area contributed by atoms with Gasteiger partial charge in [-0.1, -0.05) is 25.4 Å². The predicted octanol–water partition coefficient (Wildman–Crippen LogP) is 3.04. The lowest BCUT2D eigenvalue weighted by atomic mass is 9.91. The van der Waals surface area contributed by atoms with Crippen molar-refractivity contribution in [2.24, 2.45) is 5.41 Å². The Morgan fingerprint density at radius 2 is 2.07 bits per heavy atom. The van der Waals surface area contributed by atoms with Crippen LogP contribution in [0.2, 0.25) is 5.02 Å². The second-order valence-electron chi connectivity index (χ2n) is 7.04. The molecule has 0 bridgehead atoms. The van der Waals surface area contributed by atoms with Gasteiger partial charge in [-0.05, 0) is 30.7 Å². The number of nitrogens with one attached hydrogen (secondary N) is 2. The van der Waals surface area contributed by atoms with E-state index < -0.39 is 17.4 Å². The minimum absolute atomic E-state index is 0.0771. The van der Waals surface area contributed by atoms with Crippen molar-refractivity contribution in [3.05, 3.63) is 41.1 Å². The zero-order valence-corrected chi connectivity index (χ0v) is 16.3. The number of nitrogens with zero attached hydrogens (tertiary/aromatic N) is 1. The van der Waals surface area contributed by atoms with Gasteiger partial charge in [0.15, 0.2) is 0 Å². The number of rotatable bonds is 6. The zero-order chi connectivity index (χ0) is 20.2. The normalized spacial score (nSPS) is 17.9. The van der Waals surface area contributed by atoms with Crippen LogP contribution in [0.5, 0.6) is 0 Å². The molecule has 146 valence electrons. The Kier molecular flexibility index (Phi) is 6.62. The molecule has 1 aliphatic heterocycles. The van der Waals surface area contributed by atoms with Crippen molar-refractivity contribution >= 4 is 34.9 Å². The monoisotopic (exact) mass is 393 g/mol. The molecule has 1 aromatic rings. The van der Waals surface area contributed by atoms with Gasteiger partial charge in [0.05, 0.1) is 6.61 Å². The van der Waals surface area contributed by atoms with Crippen molar-refractivity contribution in [1.82, 2.24) is 5.32 Å². The molecule has 1 fully saturated rings. The summed E-state index contributed by atoms with van der Waals surface area (Å²) in [7, 11) is 1.52. The van der Waals surface area contributed by atoms with Gasteiger partial charge in [0.2, 0.25) is 11.8 Å². The molecule has 0 saturated carbocycles. The molecule has 3 N–H and O–H groups in total. The Morgan fingerprint density at radius 1 is 1.44 bits per heavy atom. The highest BCUT2D eigenvalue weighted by atomic mass is 35.5. The Balaban J connectivity index is 2.11. The lowest BCUT2D eigenvalue weighted by Crippen LogP contribution is -2.46. The van der Waals surface area contributed by atoms with Crippen molar-refractivity contribution in [3.8, 4) is 0 Å². The van der Waals surface area contributed by atoms with E-state index in [-0.39, 0.29) is 30.5 Å². The van der Waals surface area contributed by atoms with Gasteiger partial charge < -0.3 is 15.2 Å². The first-order chi connectivity index (χ1) is 12.7. The van der Waals surface area contributed by atoms with E-state index in [1.807, 2.05) is 0 Å². The summed E-state index contributed by atoms with van der Waals surface area (Å²) in [5, 5.41) is 21.1. The SMILES string of the molecule is COCC(C)(C)/C(O)=C/C(=N)NC(=O)[C@@H]1CCC(=O)N1c1ccc(Cl)cc1. The summed E-state index contributed by atoms with van der Waals surface area (Å²) in [5.41, 5.74) is -0.113. The van der Waals surface area contributed by atoms with E-state index in [0.29, 0.717) is 17.1 Å². The highest BCUT2D eigenvalue weighted by Gasteiger charge is 2.37. The number of aliphatic hydroxyl groups is 1. The summed E-state index contributed by atoms with van der Waals surface area (Å²) >= 11 is 5.88. The number of amides is 2. The van der Waals surface area contributed by atoms with Gasteiger partial charge in [-0.2, -0.15) is 0 Å². The maximum atomic E-state index is 12.6. The van der Waals surface area contributed by atoms with Gasteiger partial charge in [-0.15, -0.1) is 0 Å². The molecule has 7 nitrogen and oxygen atoms in total. The molecule has 27 heavy (non-hydrogen) atoms. The highest BCUT2D eigenvalue weighted by molar-refractivity contribution is 6.30. The van der Waals surface area contributed by atoms with Crippen molar-refractivity contribution in [2.45, 2.75) is 32.7 Å². The van der Waals surface area contributed by atoms with Crippen LogP contribution in [-0.4, -0.2) is 42.5 Å². The number of carbonyl (C=O) groups is 2. The summed E-state index contributed by atoms with van der Waals surface area (Å²) in [5.74, 6) is -0.971. The Labute approximate surface area is 163 Å². The van der Waals surface area contributed by atoms with E-state index in [9.17, 15) is 14.7 Å². The summed E-state index contributed by atoms with van der Waals surface area (Å²) in [6.07, 6.45) is 1.78. The minimum atomic E-state index is -0.721. The molecule has 0 unspecified atom stereocenters. The molecule has 0 radical (unpaired) electrons. The van der Waals surface area contributed by atoms with Gasteiger partial charge in [0.1, 0.15) is 17.6 Å². The molecular weight excluding hydrogens is 370 g/mol. The lowest BCUT2D eigenvalue weighted by Gasteiger charge is -2.25. The fraction of sp³-hybridized carbons (Fsp3) is 0.421. The number of hydrogen-bond donors (Lipinski definition) is 3. The molecule has 8 heteroatoms. The van der Waals surface area contributed by atoms with E-state index in [0.717, 1.165) is 0 Å². The highest BCUT2D eigenvalue weighted by Crippen LogP contribution is 2.28. The summed E-state index contributed by atoms with van der Waals surface area (Å²) in [6.45, 7) is 3.78. The van der Waals surface area contributed by atoms with E-state index >= 15 is 0 Å². The van der Waals surface area contributed by atoms with Crippen molar-refractivity contribution in [2.75, 3.05) is 18.6 Å². The number of hydrogen-bond acceptors (Lipinski definition) is 5. The van der Waals surface area contributed by atoms with E-state index in [2.05, 4.69) is 5.32 Å². The van der Waals surface area contributed by atoms with Gasteiger partial charge in [0, 0.05) is 35.7 Å². The maximum absolute atomic E-state index is 12.6. The number of halogens is 1. The Bertz CT molecular complexity index is 759. The van der Waals surface area contributed by atoms with Crippen LogP contribution in [0.4, 0.5) is 5.69 Å². The first kappa shape index (κ1) is 20.9. The van der Waals surface area contributed by atoms with Crippen LogP contribution in [0.1, 0.15) is 26.7 Å². The molecule has 1 aromatic carbocycles. The van der Waals surface area contributed by atoms with Crippen LogP contribution in [-0.2, 0) is 14.3 Å². The Morgan fingerprint density at radius 3 is 2.67 bits per heavy atom. The molecule has 1 heterocycles. The second-order valence-corrected chi connectivity index (χ2v) is 7.48. The molecule has 0 aliphatic carbocycles. The van der Waals surface area contributed by atoms with Gasteiger partial charge in [-0.25, -0.2) is 0 Å². The molecule has 0 spiro atoms. The zero-order valence-electron chi connectivity index (χ0n) is 15.6. The van der Waals surface area contributed by atoms with Crippen LogP contribution in [0, 0.1) is 10.8 Å². The fourth-order valence-electron chi connectivity index (χ4n) is 2.88. The number of amidine groups is 1. The smallest absolute Gasteiger partial charge is 0.248 e. The summed E-state index contributed by atoms with van der Waals surface area (Å²) in [4.78, 5) is 26.3. The maximum Gasteiger partial charge on any atom is 0.248 e. The van der Waals surface area contributed by atoms with Crippen molar-refractivity contribution in [3.63, 3.8) is 0 Å². The van der Waals surface area contributed by atoms with E-state index in [1.54, 1.807) is 38.1 Å².